The van der Waals surface area contributed by atoms with Gasteiger partial charge in [-0.05, 0) is 0 Å². The van der Waals surface area contributed by atoms with Crippen molar-refractivity contribution in [3.63, 3.8) is 0 Å². The van der Waals surface area contributed by atoms with Crippen LogP contribution in [-0.4, -0.2) is 129 Å². The molecule has 1 heterocycles. The number of hydrogen-bond acceptors (Lipinski definition) is 12. The van der Waals surface area contributed by atoms with Crippen LogP contribution in [0.25, 0.3) is 0 Å². The van der Waals surface area contributed by atoms with Gasteiger partial charge in [-0.3, -0.25) is 0 Å². The van der Waals surface area contributed by atoms with Gasteiger partial charge in [0.1, 0.15) is 42.7 Å². The number of hydrogen-bond donors (Lipinski definition) is 11. The summed E-state index contributed by atoms with van der Waals surface area (Å²) in [5.74, 6) is -6.19. The van der Waals surface area contributed by atoms with Gasteiger partial charge in [-0.1, -0.05) is 0 Å². The van der Waals surface area contributed by atoms with Crippen molar-refractivity contribution < 1.29 is 65.7 Å². The fourth-order valence-corrected chi connectivity index (χ4v) is 2.53. The molecule has 0 aromatic rings. The summed E-state index contributed by atoms with van der Waals surface area (Å²) in [6, 6.07) is 0. The van der Waals surface area contributed by atoms with Crippen LogP contribution in [0.4, 0.5) is 0 Å². The normalized spacial score (nSPS) is 39.3. The summed E-state index contributed by atoms with van der Waals surface area (Å²) in [6.07, 6.45) is -16.6. The molecule has 1 fully saturated rings. The summed E-state index contributed by atoms with van der Waals surface area (Å²) in [6.45, 7) is -2.27. The lowest BCUT2D eigenvalue weighted by atomic mass is 9.76. The Bertz CT molecular complexity index is 472. The highest BCUT2D eigenvalue weighted by Crippen LogP contribution is 2.39. The average Bonchev–Trinajstić information content (AvgIpc) is 2.59. The van der Waals surface area contributed by atoms with E-state index in [9.17, 15) is 50.8 Å². The summed E-state index contributed by atoms with van der Waals surface area (Å²) >= 11 is 0. The molecule has 0 aromatic heterocycles. The van der Waals surface area contributed by atoms with E-state index in [1.807, 2.05) is 0 Å². The zero-order valence-corrected chi connectivity index (χ0v) is 12.7. The van der Waals surface area contributed by atoms with Gasteiger partial charge in [0.2, 0.25) is 11.4 Å². The third kappa shape index (κ3) is 3.36. The molecule has 1 rings (SSSR count). The van der Waals surface area contributed by atoms with Crippen LogP contribution >= 0.6 is 0 Å². The molecule has 1 aliphatic heterocycles. The topological polar surface area (TPSA) is 249 Å². The fraction of sp³-hybridized carbons (Fsp3) is 0.917. The van der Waals surface area contributed by atoms with E-state index in [2.05, 4.69) is 4.74 Å². The molecule has 13 heteroatoms. The number of aliphatic carboxylic acids is 1. The first-order valence-corrected chi connectivity index (χ1v) is 7.06. The molecule has 0 aromatic carbocycles. The van der Waals surface area contributed by atoms with Gasteiger partial charge in [-0.2, -0.15) is 0 Å². The summed E-state index contributed by atoms with van der Waals surface area (Å²) < 4.78 is 4.63. The molecule has 1 aliphatic rings. The summed E-state index contributed by atoms with van der Waals surface area (Å²) in [4.78, 5) is 11.5. The van der Waals surface area contributed by atoms with Crippen molar-refractivity contribution in [3.8, 4) is 0 Å². The van der Waals surface area contributed by atoms with Crippen LogP contribution in [0.1, 0.15) is 0 Å². The number of rotatable bonds is 7. The zero-order valence-electron chi connectivity index (χ0n) is 12.7. The maximum absolute atomic E-state index is 11.5. The van der Waals surface area contributed by atoms with Gasteiger partial charge < -0.3 is 60.9 Å². The van der Waals surface area contributed by atoms with Gasteiger partial charge in [-0.25, -0.2) is 4.79 Å². The van der Waals surface area contributed by atoms with Gasteiger partial charge in [-0.15, -0.1) is 0 Å². The highest BCUT2D eigenvalue weighted by atomic mass is 16.7. The first-order chi connectivity index (χ1) is 11.4. The monoisotopic (exact) mass is 374 g/mol. The van der Waals surface area contributed by atoms with Crippen LogP contribution in [0.3, 0.4) is 0 Å². The minimum atomic E-state index is -3.96. The van der Waals surface area contributed by atoms with Crippen molar-refractivity contribution in [1.82, 2.24) is 0 Å². The molecule has 0 spiro atoms. The quantitative estimate of drug-likeness (QED) is 0.198. The second-order valence-corrected chi connectivity index (χ2v) is 5.72. The van der Waals surface area contributed by atoms with Crippen molar-refractivity contribution in [2.45, 2.75) is 54.1 Å². The minimum absolute atomic E-state index is 1.10. The minimum Gasteiger partial charge on any atom is -0.479 e. The highest BCUT2D eigenvalue weighted by molar-refractivity contribution is 5.80. The molecule has 13 nitrogen and oxygen atoms in total. The predicted octanol–water partition coefficient (Wildman–Crippen LogP) is -6.96. The number of carboxylic acid groups (broad SMARTS) is 1. The smallest absolute Gasteiger partial charge is 0.344 e. The summed E-state index contributed by atoms with van der Waals surface area (Å²) in [5, 5.41) is 106. The lowest BCUT2D eigenvalue weighted by Crippen LogP contribution is -2.79. The van der Waals surface area contributed by atoms with Crippen LogP contribution in [-0.2, 0) is 9.53 Å². The van der Waals surface area contributed by atoms with E-state index < -0.39 is 73.3 Å². The second-order valence-electron chi connectivity index (χ2n) is 5.72. The van der Waals surface area contributed by atoms with Crippen molar-refractivity contribution >= 4 is 5.97 Å². The SMILES string of the molecule is O=C(O)C(O)(C(O)C(O)C(O)CO)C1(O)O[C@H](CO)[C@@H](O)[C@H](O)[C@H]1O. The molecule has 148 valence electrons. The van der Waals surface area contributed by atoms with Gasteiger partial charge in [0.25, 0.3) is 0 Å². The Morgan fingerprint density at radius 3 is 2.04 bits per heavy atom. The maximum Gasteiger partial charge on any atom is 0.344 e. The largest absolute Gasteiger partial charge is 0.479 e. The molecule has 0 saturated carbocycles. The number of ether oxygens (including phenoxy) is 1. The van der Waals surface area contributed by atoms with E-state index in [0.717, 1.165) is 0 Å². The van der Waals surface area contributed by atoms with E-state index in [1.54, 1.807) is 0 Å². The molecular weight excluding hydrogens is 352 g/mol. The number of carbonyl (C=O) groups is 1. The van der Waals surface area contributed by atoms with E-state index in [0.29, 0.717) is 0 Å². The Morgan fingerprint density at radius 1 is 1.12 bits per heavy atom. The lowest BCUT2D eigenvalue weighted by Gasteiger charge is -2.52. The van der Waals surface area contributed by atoms with E-state index >= 15 is 0 Å². The number of aliphatic hydroxyl groups excluding tert-OH is 8. The van der Waals surface area contributed by atoms with Crippen molar-refractivity contribution in [1.29, 1.82) is 0 Å². The molecule has 9 atom stereocenters. The van der Waals surface area contributed by atoms with Crippen molar-refractivity contribution in [3.05, 3.63) is 0 Å². The maximum atomic E-state index is 11.5. The zero-order chi connectivity index (χ0) is 19.7. The molecule has 0 amide bonds. The lowest BCUT2D eigenvalue weighted by molar-refractivity contribution is -0.408. The van der Waals surface area contributed by atoms with Crippen molar-refractivity contribution in [2.24, 2.45) is 0 Å². The third-order valence-corrected chi connectivity index (χ3v) is 4.17. The standard InChI is InChI=1S/C12H22O13/c13-1-3(15)5(16)8(19)11(23,10(21)22)12(24)9(20)7(18)6(17)4(2-14)25-12/h3-9,13-20,23-24H,1-2H2,(H,21,22)/t3?,4-,5?,6-,7+,8?,9-,11?,12?/m1/s1. The highest BCUT2D eigenvalue weighted by Gasteiger charge is 2.71. The Labute approximate surface area is 140 Å². The molecule has 11 N–H and O–H groups in total. The molecule has 5 unspecified atom stereocenters. The third-order valence-electron chi connectivity index (χ3n) is 4.17. The summed E-state index contributed by atoms with van der Waals surface area (Å²) in [5.41, 5.74) is -3.96. The molecule has 0 radical (unpaired) electrons. The second kappa shape index (κ2) is 7.73. The van der Waals surface area contributed by atoms with E-state index in [4.69, 9.17) is 10.2 Å². The van der Waals surface area contributed by atoms with Gasteiger partial charge in [0.05, 0.1) is 13.2 Å². The van der Waals surface area contributed by atoms with E-state index in [1.165, 1.54) is 0 Å². The Kier molecular flexibility index (Phi) is 6.82. The Morgan fingerprint density at radius 2 is 1.64 bits per heavy atom. The van der Waals surface area contributed by atoms with Crippen LogP contribution < -0.4 is 0 Å². The van der Waals surface area contributed by atoms with Crippen molar-refractivity contribution in [2.75, 3.05) is 13.2 Å². The molecule has 1 saturated heterocycles. The molecule has 0 bridgehead atoms. The van der Waals surface area contributed by atoms with Gasteiger partial charge in [0, 0.05) is 0 Å². The molecule has 0 aliphatic carbocycles. The number of aliphatic hydroxyl groups is 10. The molecular formula is C12H22O13. The van der Waals surface area contributed by atoms with Gasteiger partial charge in [0.15, 0.2) is 0 Å². The fourth-order valence-electron chi connectivity index (χ4n) is 2.53. The number of carboxylic acids is 1. The van der Waals surface area contributed by atoms with Crippen LogP contribution in [0.5, 0.6) is 0 Å². The van der Waals surface area contributed by atoms with E-state index in [-0.39, 0.29) is 0 Å². The molecule has 25 heavy (non-hydrogen) atoms. The Balaban J connectivity index is 3.42. The average molecular weight is 374 g/mol. The summed E-state index contributed by atoms with van der Waals surface area (Å²) in [7, 11) is 0. The first kappa shape index (κ1) is 22.1. The Hall–Kier alpha value is -0.970. The first-order valence-electron chi connectivity index (χ1n) is 7.06. The van der Waals surface area contributed by atoms with Crippen LogP contribution in [0.2, 0.25) is 0 Å². The van der Waals surface area contributed by atoms with Crippen LogP contribution in [0, 0.1) is 0 Å². The van der Waals surface area contributed by atoms with Crippen LogP contribution in [0.15, 0.2) is 0 Å². The van der Waals surface area contributed by atoms with Gasteiger partial charge >= 0.3 is 5.97 Å². The predicted molar refractivity (Wildman–Crippen MR) is 72.6 cm³/mol.